The summed E-state index contributed by atoms with van der Waals surface area (Å²) in [5.74, 6) is 0.257. The fourth-order valence-corrected chi connectivity index (χ4v) is 4.20. The van der Waals surface area contributed by atoms with Crippen LogP contribution in [0.3, 0.4) is 0 Å². The molecule has 3 heterocycles. The van der Waals surface area contributed by atoms with Gasteiger partial charge in [0, 0.05) is 56.2 Å². The summed E-state index contributed by atoms with van der Waals surface area (Å²) in [4.78, 5) is 18.6. The Labute approximate surface area is 175 Å². The number of hydrogen-bond acceptors (Lipinski definition) is 4. The number of aromatic nitrogens is 2. The van der Waals surface area contributed by atoms with Crippen LogP contribution in [0.1, 0.15) is 24.0 Å². The SMILES string of the molecule is COc1ccc2c(c1)c(CN1CCC[C@@](F)(C(=O)NCc3ccncc3)C1)cn2C. The Hall–Kier alpha value is -2.93. The number of benzene rings is 1. The third-order valence-corrected chi connectivity index (χ3v) is 5.80. The molecule has 2 aromatic heterocycles. The first-order chi connectivity index (χ1) is 14.5. The number of amides is 1. The van der Waals surface area contributed by atoms with Crippen molar-refractivity contribution in [2.24, 2.45) is 7.05 Å². The van der Waals surface area contributed by atoms with Crippen molar-refractivity contribution in [3.63, 3.8) is 0 Å². The smallest absolute Gasteiger partial charge is 0.259 e. The number of nitrogens with one attached hydrogen (secondary N) is 1. The zero-order chi connectivity index (χ0) is 21.1. The standard InChI is InChI=1S/C23H27FN4O2/c1-27-14-18(20-12-19(30-2)4-5-21(20)27)15-28-11-3-8-23(24,16-28)22(29)26-13-17-6-9-25-10-7-17/h4-7,9-10,12,14H,3,8,11,13,15-16H2,1-2H3,(H,26,29)/t23-/m0/s1. The number of halogens is 1. The number of carbonyl (C=O) groups excluding carboxylic acids is 1. The Balaban J connectivity index is 1.46. The monoisotopic (exact) mass is 410 g/mol. The predicted octanol–water partition coefficient (Wildman–Crippen LogP) is 3.20. The fourth-order valence-electron chi connectivity index (χ4n) is 4.20. The highest BCUT2D eigenvalue weighted by atomic mass is 19.1. The molecule has 0 radical (unpaired) electrons. The lowest BCUT2D eigenvalue weighted by molar-refractivity contribution is -0.137. The van der Waals surface area contributed by atoms with Crippen LogP contribution in [0.5, 0.6) is 5.75 Å². The molecule has 7 heteroatoms. The van der Waals surface area contributed by atoms with E-state index in [0.717, 1.165) is 34.3 Å². The van der Waals surface area contributed by atoms with Crippen molar-refractivity contribution in [3.05, 3.63) is 60.0 Å². The predicted molar refractivity (Wildman–Crippen MR) is 114 cm³/mol. The van der Waals surface area contributed by atoms with E-state index in [1.54, 1.807) is 19.5 Å². The zero-order valence-electron chi connectivity index (χ0n) is 17.4. The molecule has 4 rings (SSSR count). The summed E-state index contributed by atoms with van der Waals surface area (Å²) in [7, 11) is 3.65. The zero-order valence-corrected chi connectivity index (χ0v) is 17.4. The third-order valence-electron chi connectivity index (χ3n) is 5.80. The molecule has 1 saturated heterocycles. The first-order valence-electron chi connectivity index (χ1n) is 10.2. The number of rotatable bonds is 6. The minimum absolute atomic E-state index is 0.0928. The van der Waals surface area contributed by atoms with Gasteiger partial charge >= 0.3 is 0 Å². The summed E-state index contributed by atoms with van der Waals surface area (Å²) < 4.78 is 23.0. The maximum atomic E-state index is 15.6. The maximum Gasteiger partial charge on any atom is 0.259 e. The van der Waals surface area contributed by atoms with E-state index in [-0.39, 0.29) is 13.0 Å². The molecule has 1 aliphatic heterocycles. The lowest BCUT2D eigenvalue weighted by Gasteiger charge is -2.36. The van der Waals surface area contributed by atoms with Crippen LogP contribution >= 0.6 is 0 Å². The van der Waals surface area contributed by atoms with Crippen LogP contribution in [-0.4, -0.2) is 46.2 Å². The number of methoxy groups -OCH3 is 1. The topological polar surface area (TPSA) is 59.4 Å². The van der Waals surface area contributed by atoms with Gasteiger partial charge in [0.2, 0.25) is 5.67 Å². The Morgan fingerprint density at radius 2 is 2.10 bits per heavy atom. The summed E-state index contributed by atoms with van der Waals surface area (Å²) in [5, 5.41) is 3.85. The number of hydrogen-bond donors (Lipinski definition) is 1. The number of fused-ring (bicyclic) bond motifs is 1. The van der Waals surface area contributed by atoms with Crippen LogP contribution in [0.2, 0.25) is 0 Å². The normalized spacial score (nSPS) is 19.7. The van der Waals surface area contributed by atoms with E-state index >= 15 is 4.39 Å². The quantitative estimate of drug-likeness (QED) is 0.678. The second-order valence-corrected chi connectivity index (χ2v) is 7.97. The summed E-state index contributed by atoms with van der Waals surface area (Å²) in [6.45, 7) is 1.75. The van der Waals surface area contributed by atoms with Gasteiger partial charge in [0.25, 0.3) is 5.91 Å². The van der Waals surface area contributed by atoms with Crippen molar-refractivity contribution >= 4 is 16.8 Å². The molecule has 1 amide bonds. The molecule has 0 saturated carbocycles. The largest absolute Gasteiger partial charge is 0.497 e. The molecule has 0 spiro atoms. The van der Waals surface area contributed by atoms with E-state index in [2.05, 4.69) is 21.1 Å². The van der Waals surface area contributed by atoms with Crippen molar-refractivity contribution in [1.29, 1.82) is 0 Å². The van der Waals surface area contributed by atoms with Crippen molar-refractivity contribution in [3.8, 4) is 5.75 Å². The van der Waals surface area contributed by atoms with Gasteiger partial charge in [0.1, 0.15) is 5.75 Å². The van der Waals surface area contributed by atoms with E-state index in [4.69, 9.17) is 4.74 Å². The minimum Gasteiger partial charge on any atom is -0.497 e. The summed E-state index contributed by atoms with van der Waals surface area (Å²) in [6.07, 6.45) is 6.28. The second kappa shape index (κ2) is 8.44. The van der Waals surface area contributed by atoms with Crippen LogP contribution in [0.25, 0.3) is 10.9 Å². The molecule has 1 fully saturated rings. The van der Waals surface area contributed by atoms with Crippen LogP contribution in [0.4, 0.5) is 4.39 Å². The summed E-state index contributed by atoms with van der Waals surface area (Å²) in [5.41, 5.74) is 1.23. The lowest BCUT2D eigenvalue weighted by Crippen LogP contribution is -2.53. The van der Waals surface area contributed by atoms with Crippen LogP contribution < -0.4 is 10.1 Å². The van der Waals surface area contributed by atoms with Gasteiger partial charge in [-0.3, -0.25) is 14.7 Å². The molecule has 1 aliphatic rings. The summed E-state index contributed by atoms with van der Waals surface area (Å²) in [6, 6.07) is 9.60. The van der Waals surface area contributed by atoms with Gasteiger partial charge in [-0.2, -0.15) is 0 Å². The maximum absolute atomic E-state index is 15.6. The number of piperidine rings is 1. The molecule has 30 heavy (non-hydrogen) atoms. The Morgan fingerprint density at radius 3 is 2.87 bits per heavy atom. The van der Waals surface area contributed by atoms with Gasteiger partial charge in [-0.05, 0) is 60.8 Å². The number of pyridine rings is 1. The van der Waals surface area contributed by atoms with E-state index in [0.29, 0.717) is 19.5 Å². The number of carbonyl (C=O) groups is 1. The van der Waals surface area contributed by atoms with E-state index in [9.17, 15) is 4.79 Å². The molecule has 1 atom stereocenters. The Bertz CT molecular complexity index is 1040. The van der Waals surface area contributed by atoms with E-state index in [1.165, 1.54) is 0 Å². The average Bonchev–Trinajstić information content (AvgIpc) is 3.07. The van der Waals surface area contributed by atoms with Gasteiger partial charge in [-0.15, -0.1) is 0 Å². The highest BCUT2D eigenvalue weighted by molar-refractivity contribution is 5.86. The molecular formula is C23H27FN4O2. The fraction of sp³-hybridized carbons (Fsp3) is 0.391. The molecule has 1 aromatic carbocycles. The van der Waals surface area contributed by atoms with E-state index < -0.39 is 11.6 Å². The van der Waals surface area contributed by atoms with E-state index in [1.807, 2.05) is 42.3 Å². The van der Waals surface area contributed by atoms with Crippen molar-refractivity contribution in [2.75, 3.05) is 20.2 Å². The van der Waals surface area contributed by atoms with Gasteiger partial charge < -0.3 is 14.6 Å². The second-order valence-electron chi connectivity index (χ2n) is 7.97. The highest BCUT2D eigenvalue weighted by Gasteiger charge is 2.42. The minimum atomic E-state index is -1.88. The van der Waals surface area contributed by atoms with Gasteiger partial charge in [-0.1, -0.05) is 0 Å². The summed E-state index contributed by atoms with van der Waals surface area (Å²) >= 11 is 0. The molecular weight excluding hydrogens is 383 g/mol. The molecule has 3 aromatic rings. The number of nitrogens with zero attached hydrogens (tertiary/aromatic N) is 3. The van der Waals surface area contributed by atoms with Gasteiger partial charge in [0.05, 0.1) is 7.11 Å². The van der Waals surface area contributed by atoms with Crippen molar-refractivity contribution < 1.29 is 13.9 Å². The number of likely N-dealkylation sites (tertiary alicyclic amines) is 1. The number of alkyl halides is 1. The van der Waals surface area contributed by atoms with Gasteiger partial charge in [0.15, 0.2) is 0 Å². The van der Waals surface area contributed by atoms with Crippen LogP contribution in [0, 0.1) is 0 Å². The first-order valence-corrected chi connectivity index (χ1v) is 10.2. The molecule has 6 nitrogen and oxygen atoms in total. The van der Waals surface area contributed by atoms with Gasteiger partial charge in [-0.25, -0.2) is 4.39 Å². The lowest BCUT2D eigenvalue weighted by atomic mass is 9.93. The van der Waals surface area contributed by atoms with Crippen molar-refractivity contribution in [2.45, 2.75) is 31.6 Å². The van der Waals surface area contributed by atoms with Crippen LogP contribution in [0.15, 0.2) is 48.9 Å². The molecule has 1 N–H and O–H groups in total. The Kier molecular flexibility index (Phi) is 5.72. The molecule has 0 aliphatic carbocycles. The third kappa shape index (κ3) is 4.16. The highest BCUT2D eigenvalue weighted by Crippen LogP contribution is 2.30. The first kappa shape index (κ1) is 20.3. The Morgan fingerprint density at radius 1 is 1.30 bits per heavy atom. The van der Waals surface area contributed by atoms with Crippen LogP contribution in [-0.2, 0) is 24.9 Å². The molecule has 0 unspecified atom stereocenters. The van der Waals surface area contributed by atoms with Crippen molar-refractivity contribution in [1.82, 2.24) is 19.8 Å². The molecule has 0 bridgehead atoms. The average molecular weight is 410 g/mol. The number of aryl methyl sites for hydroxylation is 1. The number of ether oxygens (including phenoxy) is 1. The molecule has 158 valence electrons.